The lowest BCUT2D eigenvalue weighted by Crippen LogP contribution is -2.35. The van der Waals surface area contributed by atoms with Gasteiger partial charge >= 0.3 is 6.18 Å². The first-order chi connectivity index (χ1) is 8.30. The van der Waals surface area contributed by atoms with Gasteiger partial charge < -0.3 is 10.5 Å². The Hall–Kier alpha value is -0.660. The number of nitrogens with zero attached hydrogens (tertiary/aromatic N) is 1. The number of hydrogen-bond acceptors (Lipinski definition) is 4. The minimum atomic E-state index is -4.30. The molecule has 0 saturated heterocycles. The van der Waals surface area contributed by atoms with Gasteiger partial charge in [0, 0.05) is 5.38 Å². The number of hydrogen-bond donors (Lipinski definition) is 1. The zero-order valence-corrected chi connectivity index (χ0v) is 11.2. The van der Waals surface area contributed by atoms with Crippen LogP contribution in [-0.4, -0.2) is 17.8 Å². The first-order valence-electron chi connectivity index (χ1n) is 5.69. The molecular weight excluding hydrogens is 265 g/mol. The lowest BCUT2D eigenvalue weighted by atomic mass is 9.91. The highest BCUT2D eigenvalue weighted by molar-refractivity contribution is 7.09. The summed E-state index contributed by atoms with van der Waals surface area (Å²) < 4.78 is 40.3. The molecule has 0 bridgehead atoms. The summed E-state index contributed by atoms with van der Waals surface area (Å²) in [6, 6.07) is 0. The molecule has 0 atom stereocenters. The van der Waals surface area contributed by atoms with Gasteiger partial charge in [-0.15, -0.1) is 11.3 Å². The van der Waals surface area contributed by atoms with Crippen LogP contribution in [0.4, 0.5) is 13.2 Å². The van der Waals surface area contributed by atoms with Crippen LogP contribution in [0.2, 0.25) is 0 Å². The smallest absolute Gasteiger partial charge is 0.365 e. The number of alkyl halides is 3. The van der Waals surface area contributed by atoms with Crippen molar-refractivity contribution in [2.45, 2.75) is 45.0 Å². The molecule has 3 nitrogen and oxygen atoms in total. The Morgan fingerprint density at radius 2 is 1.94 bits per heavy atom. The quantitative estimate of drug-likeness (QED) is 0.871. The SMILES string of the molecule is CCC(N)(CC)c1csc(COCC(F)(F)F)n1. The van der Waals surface area contributed by atoms with E-state index in [4.69, 9.17) is 5.73 Å². The van der Waals surface area contributed by atoms with Crippen molar-refractivity contribution in [3.8, 4) is 0 Å². The first-order valence-corrected chi connectivity index (χ1v) is 6.57. The Morgan fingerprint density at radius 1 is 1.33 bits per heavy atom. The number of nitrogens with two attached hydrogens (primary N) is 1. The lowest BCUT2D eigenvalue weighted by molar-refractivity contribution is -0.176. The van der Waals surface area contributed by atoms with Gasteiger partial charge in [0.05, 0.1) is 17.8 Å². The fraction of sp³-hybridized carbons (Fsp3) is 0.727. The second kappa shape index (κ2) is 5.99. The first kappa shape index (κ1) is 15.4. The van der Waals surface area contributed by atoms with Crippen molar-refractivity contribution in [1.29, 1.82) is 0 Å². The Morgan fingerprint density at radius 3 is 2.44 bits per heavy atom. The Bertz CT molecular complexity index is 375. The van der Waals surface area contributed by atoms with E-state index in [0.29, 0.717) is 5.01 Å². The van der Waals surface area contributed by atoms with E-state index in [2.05, 4.69) is 9.72 Å². The van der Waals surface area contributed by atoms with E-state index in [9.17, 15) is 13.2 Å². The van der Waals surface area contributed by atoms with Crippen molar-refractivity contribution in [3.63, 3.8) is 0 Å². The predicted octanol–water partition coefficient (Wildman–Crippen LogP) is 3.20. The molecule has 0 unspecified atom stereocenters. The zero-order valence-electron chi connectivity index (χ0n) is 10.4. The second-order valence-corrected chi connectivity index (χ2v) is 5.04. The van der Waals surface area contributed by atoms with Crippen molar-refractivity contribution < 1.29 is 17.9 Å². The van der Waals surface area contributed by atoms with Crippen LogP contribution in [0.15, 0.2) is 5.38 Å². The average Bonchev–Trinajstić information content (AvgIpc) is 2.75. The van der Waals surface area contributed by atoms with Crippen LogP contribution in [0.25, 0.3) is 0 Å². The van der Waals surface area contributed by atoms with Gasteiger partial charge in [-0.05, 0) is 12.8 Å². The van der Waals surface area contributed by atoms with E-state index in [-0.39, 0.29) is 6.61 Å². The number of thiazole rings is 1. The fourth-order valence-corrected chi connectivity index (χ4v) is 2.31. The molecule has 18 heavy (non-hydrogen) atoms. The molecular formula is C11H17F3N2OS. The van der Waals surface area contributed by atoms with Gasteiger partial charge in [-0.1, -0.05) is 13.8 Å². The summed E-state index contributed by atoms with van der Waals surface area (Å²) in [5.41, 5.74) is 6.38. The third-order valence-corrected chi connectivity index (χ3v) is 3.64. The number of halogens is 3. The van der Waals surface area contributed by atoms with Gasteiger partial charge in [-0.3, -0.25) is 0 Å². The molecule has 7 heteroatoms. The maximum atomic E-state index is 11.9. The molecule has 0 radical (unpaired) electrons. The monoisotopic (exact) mass is 282 g/mol. The normalized spacial score (nSPS) is 13.0. The van der Waals surface area contributed by atoms with E-state index < -0.39 is 18.3 Å². The highest BCUT2D eigenvalue weighted by Crippen LogP contribution is 2.27. The van der Waals surface area contributed by atoms with Crippen LogP contribution in [-0.2, 0) is 16.9 Å². The summed E-state index contributed by atoms with van der Waals surface area (Å²) in [5, 5.41) is 2.31. The van der Waals surface area contributed by atoms with Crippen LogP contribution >= 0.6 is 11.3 Å². The van der Waals surface area contributed by atoms with Gasteiger partial charge in [-0.2, -0.15) is 13.2 Å². The zero-order chi connectivity index (χ0) is 13.8. The summed E-state index contributed by atoms with van der Waals surface area (Å²) in [7, 11) is 0. The molecule has 104 valence electrons. The van der Waals surface area contributed by atoms with Crippen molar-refractivity contribution in [1.82, 2.24) is 4.98 Å². The molecule has 0 fully saturated rings. The number of aromatic nitrogens is 1. The molecule has 1 rings (SSSR count). The Labute approximate surface area is 108 Å². The number of ether oxygens (including phenoxy) is 1. The summed E-state index contributed by atoms with van der Waals surface area (Å²) >= 11 is 1.27. The minimum Gasteiger partial charge on any atom is -0.365 e. The van der Waals surface area contributed by atoms with Crippen LogP contribution in [0, 0.1) is 0 Å². The lowest BCUT2D eigenvalue weighted by Gasteiger charge is -2.24. The minimum absolute atomic E-state index is 0.131. The highest BCUT2D eigenvalue weighted by atomic mass is 32.1. The molecule has 0 aliphatic heterocycles. The maximum absolute atomic E-state index is 11.9. The highest BCUT2D eigenvalue weighted by Gasteiger charge is 2.28. The summed E-state index contributed by atoms with van der Waals surface area (Å²) in [6.07, 6.45) is -2.84. The topological polar surface area (TPSA) is 48.1 Å². The average molecular weight is 282 g/mol. The number of rotatable bonds is 6. The van der Waals surface area contributed by atoms with Crippen LogP contribution in [0.5, 0.6) is 0 Å². The molecule has 2 N–H and O–H groups in total. The van der Waals surface area contributed by atoms with Crippen molar-refractivity contribution in [2.24, 2.45) is 5.73 Å². The third kappa shape index (κ3) is 4.22. The standard InChI is InChI=1S/C11H17F3N2OS/c1-3-10(15,4-2)8-6-18-9(16-8)5-17-7-11(12,13)14/h6H,3-5,7,15H2,1-2H3. The van der Waals surface area contributed by atoms with Crippen molar-refractivity contribution >= 4 is 11.3 Å². The molecule has 0 aliphatic carbocycles. The van der Waals surface area contributed by atoms with Gasteiger partial charge in [0.2, 0.25) is 0 Å². The molecule has 1 aromatic heterocycles. The van der Waals surface area contributed by atoms with E-state index in [1.807, 2.05) is 13.8 Å². The Balaban J connectivity index is 2.59. The molecule has 1 heterocycles. The van der Waals surface area contributed by atoms with E-state index in [1.165, 1.54) is 11.3 Å². The van der Waals surface area contributed by atoms with Gasteiger partial charge in [0.1, 0.15) is 11.6 Å². The van der Waals surface area contributed by atoms with Crippen molar-refractivity contribution in [2.75, 3.05) is 6.61 Å². The second-order valence-electron chi connectivity index (χ2n) is 4.10. The van der Waals surface area contributed by atoms with Gasteiger partial charge in [0.15, 0.2) is 0 Å². The molecule has 0 aliphatic rings. The summed E-state index contributed by atoms with van der Waals surface area (Å²) in [4.78, 5) is 4.24. The van der Waals surface area contributed by atoms with Gasteiger partial charge in [-0.25, -0.2) is 4.98 Å². The summed E-state index contributed by atoms with van der Waals surface area (Å²) in [6.45, 7) is 2.54. The van der Waals surface area contributed by atoms with Crippen LogP contribution < -0.4 is 5.73 Å². The third-order valence-electron chi connectivity index (χ3n) is 2.81. The van der Waals surface area contributed by atoms with E-state index >= 15 is 0 Å². The molecule has 0 aromatic carbocycles. The van der Waals surface area contributed by atoms with Crippen LogP contribution in [0.1, 0.15) is 37.4 Å². The molecule has 0 saturated carbocycles. The van der Waals surface area contributed by atoms with E-state index in [1.54, 1.807) is 5.38 Å². The predicted molar refractivity (Wildman–Crippen MR) is 64.3 cm³/mol. The van der Waals surface area contributed by atoms with Crippen LogP contribution in [0.3, 0.4) is 0 Å². The maximum Gasteiger partial charge on any atom is 0.411 e. The Kier molecular flexibility index (Phi) is 5.12. The molecule has 1 aromatic rings. The largest absolute Gasteiger partial charge is 0.411 e. The molecule has 0 amide bonds. The molecule has 0 spiro atoms. The fourth-order valence-electron chi connectivity index (χ4n) is 1.47. The van der Waals surface area contributed by atoms with Gasteiger partial charge in [0.25, 0.3) is 0 Å². The van der Waals surface area contributed by atoms with E-state index in [0.717, 1.165) is 18.5 Å². The van der Waals surface area contributed by atoms with Crippen molar-refractivity contribution in [3.05, 3.63) is 16.1 Å². The summed E-state index contributed by atoms with van der Waals surface area (Å²) in [5.74, 6) is 0.